The molecule has 1 unspecified atom stereocenters. The van der Waals surface area contributed by atoms with Crippen LogP contribution in [0.15, 0.2) is 5.10 Å². The average Bonchev–Trinajstić information content (AvgIpc) is 2.78. The normalized spacial score (nSPS) is 20.4. The van der Waals surface area contributed by atoms with Gasteiger partial charge in [0.05, 0.1) is 6.61 Å². The van der Waals surface area contributed by atoms with Crippen molar-refractivity contribution in [2.45, 2.75) is 19.8 Å². The summed E-state index contributed by atoms with van der Waals surface area (Å²) in [5, 5.41) is 15.9. The molecule has 17 heavy (non-hydrogen) atoms. The number of hydrogen-bond acceptors (Lipinski definition) is 3. The van der Waals surface area contributed by atoms with E-state index in [1.54, 1.807) is 7.05 Å². The fraction of sp³-hybridized carbons (Fsp3) is 0.900. The molecule has 0 amide bonds. The van der Waals surface area contributed by atoms with E-state index < -0.39 is 5.03 Å². The highest BCUT2D eigenvalue weighted by Gasteiger charge is 2.22. The largest absolute Gasteiger partial charge is 0.381 e. The monoisotopic (exact) mass is 244 g/mol. The van der Waals surface area contributed by atoms with Crippen LogP contribution in [0.25, 0.3) is 0 Å². The molecule has 1 aliphatic heterocycles. The minimum atomic E-state index is -0.667. The molecule has 1 aliphatic rings. The maximum atomic E-state index is 10.4. The van der Waals surface area contributed by atoms with Crippen LogP contribution < -0.4 is 5.32 Å². The molecule has 1 N–H and O–H groups in total. The molecule has 0 spiro atoms. The Morgan fingerprint density at radius 2 is 2.47 bits per heavy atom. The van der Waals surface area contributed by atoms with Crippen LogP contribution in [0, 0.1) is 16.0 Å². The molecule has 1 heterocycles. The molecule has 0 saturated carbocycles. The second-order valence-electron chi connectivity index (χ2n) is 4.09. The van der Waals surface area contributed by atoms with Gasteiger partial charge >= 0.3 is 0 Å². The quantitative estimate of drug-likeness (QED) is 0.330. The molecule has 0 aromatic rings. The van der Waals surface area contributed by atoms with Crippen LogP contribution in [0.5, 0.6) is 0 Å². The van der Waals surface area contributed by atoms with E-state index in [9.17, 15) is 10.1 Å². The molecule has 1 saturated heterocycles. The summed E-state index contributed by atoms with van der Waals surface area (Å²) in [7, 11) is 1.65. The van der Waals surface area contributed by atoms with Crippen LogP contribution in [-0.4, -0.2) is 49.2 Å². The van der Waals surface area contributed by atoms with Crippen molar-refractivity contribution in [3.05, 3.63) is 10.1 Å². The van der Waals surface area contributed by atoms with Gasteiger partial charge in [0.2, 0.25) is 0 Å². The number of hydrazone groups is 1. The zero-order valence-electron chi connectivity index (χ0n) is 10.4. The number of nitrogens with one attached hydrogen (secondary N) is 1. The van der Waals surface area contributed by atoms with Gasteiger partial charge in [0.1, 0.15) is 5.10 Å². The lowest BCUT2D eigenvalue weighted by molar-refractivity contribution is -0.485. The molecule has 0 aliphatic carbocycles. The van der Waals surface area contributed by atoms with Crippen molar-refractivity contribution in [2.24, 2.45) is 11.0 Å². The molecular formula is C10H20N4O3. The number of rotatable bonds is 5. The van der Waals surface area contributed by atoms with Crippen molar-refractivity contribution in [3.8, 4) is 0 Å². The lowest BCUT2D eigenvalue weighted by atomic mass is 10.1. The summed E-state index contributed by atoms with van der Waals surface area (Å²) in [5.74, 6) is 0.760. The molecule has 0 aromatic carbocycles. The zero-order valence-corrected chi connectivity index (χ0v) is 10.4. The van der Waals surface area contributed by atoms with Crippen molar-refractivity contribution in [2.75, 3.05) is 33.4 Å². The van der Waals surface area contributed by atoms with Gasteiger partial charge in [-0.2, -0.15) is 0 Å². The molecular weight excluding hydrogens is 224 g/mol. The standard InChI is InChI=1S/C10H20N4O3/c1-3-5-13(7-9-4-6-17-8-9)10(11-2)12-14(15)16/h9H,3-8H2,1-2H3,(H,11,12). The predicted molar refractivity (Wildman–Crippen MR) is 64.3 cm³/mol. The van der Waals surface area contributed by atoms with Gasteiger partial charge in [0.25, 0.3) is 5.96 Å². The van der Waals surface area contributed by atoms with Gasteiger partial charge in [-0.25, -0.2) is 10.1 Å². The summed E-state index contributed by atoms with van der Waals surface area (Å²) in [6.45, 7) is 5.06. The van der Waals surface area contributed by atoms with Crippen molar-refractivity contribution < 1.29 is 9.77 Å². The lowest BCUT2D eigenvalue weighted by Crippen LogP contribution is -2.43. The number of nitro groups is 1. The lowest BCUT2D eigenvalue weighted by Gasteiger charge is -2.25. The summed E-state index contributed by atoms with van der Waals surface area (Å²) < 4.78 is 5.31. The third kappa shape index (κ3) is 4.56. The van der Waals surface area contributed by atoms with E-state index in [-0.39, 0.29) is 0 Å². The van der Waals surface area contributed by atoms with E-state index in [1.807, 2.05) is 11.8 Å². The fourth-order valence-corrected chi connectivity index (χ4v) is 1.94. The smallest absolute Gasteiger partial charge is 0.271 e. The molecule has 1 fully saturated rings. The zero-order chi connectivity index (χ0) is 12.7. The van der Waals surface area contributed by atoms with Gasteiger partial charge < -0.3 is 15.0 Å². The molecule has 0 aromatic heterocycles. The molecule has 7 heteroatoms. The number of hydrogen-bond donors (Lipinski definition) is 1. The van der Waals surface area contributed by atoms with Gasteiger partial charge in [-0.15, -0.1) is 0 Å². The van der Waals surface area contributed by atoms with Crippen molar-refractivity contribution >= 4 is 5.96 Å². The van der Waals surface area contributed by atoms with Crippen LogP contribution >= 0.6 is 0 Å². The molecule has 0 radical (unpaired) electrons. The van der Waals surface area contributed by atoms with Crippen LogP contribution in [0.2, 0.25) is 0 Å². The van der Waals surface area contributed by atoms with Crippen LogP contribution in [0.4, 0.5) is 0 Å². The van der Waals surface area contributed by atoms with Crippen LogP contribution in [0.3, 0.4) is 0 Å². The highest BCUT2D eigenvalue weighted by atomic mass is 16.7. The van der Waals surface area contributed by atoms with E-state index in [0.29, 0.717) is 11.9 Å². The Labute approximate surface area is 101 Å². The summed E-state index contributed by atoms with van der Waals surface area (Å²) in [6.07, 6.45) is 1.93. The minimum absolute atomic E-state index is 0.323. The first-order chi connectivity index (χ1) is 8.17. The first-order valence-corrected chi connectivity index (χ1v) is 5.90. The highest BCUT2D eigenvalue weighted by Crippen LogP contribution is 2.14. The Hall–Kier alpha value is -1.37. The molecule has 1 rings (SSSR count). The topological polar surface area (TPSA) is 80.0 Å². The van der Waals surface area contributed by atoms with E-state index in [2.05, 4.69) is 10.4 Å². The van der Waals surface area contributed by atoms with Gasteiger partial charge in [0.15, 0.2) is 5.03 Å². The molecule has 1 atom stereocenters. The SMILES string of the molecule is CCCN(CC1CCOC1)/C(=N/[N+](=O)[O-])NC. The van der Waals surface area contributed by atoms with Gasteiger partial charge in [-0.1, -0.05) is 6.92 Å². The molecule has 0 bridgehead atoms. The Morgan fingerprint density at radius 3 is 2.94 bits per heavy atom. The predicted octanol–water partition coefficient (Wildman–Crippen LogP) is 0.502. The van der Waals surface area contributed by atoms with Crippen molar-refractivity contribution in [1.29, 1.82) is 0 Å². The second-order valence-corrected chi connectivity index (χ2v) is 4.09. The number of ether oxygens (including phenoxy) is 1. The maximum Gasteiger partial charge on any atom is 0.271 e. The third-order valence-electron chi connectivity index (χ3n) is 2.70. The number of guanidine groups is 1. The average molecular weight is 244 g/mol. The first kappa shape index (κ1) is 13.7. The van der Waals surface area contributed by atoms with E-state index in [1.165, 1.54) is 0 Å². The Bertz CT molecular complexity index is 277. The van der Waals surface area contributed by atoms with Crippen molar-refractivity contribution in [3.63, 3.8) is 0 Å². The summed E-state index contributed by atoms with van der Waals surface area (Å²) in [4.78, 5) is 12.4. The Morgan fingerprint density at radius 1 is 1.71 bits per heavy atom. The van der Waals surface area contributed by atoms with E-state index >= 15 is 0 Å². The Balaban J connectivity index is 2.64. The summed E-state index contributed by atoms with van der Waals surface area (Å²) in [5.41, 5.74) is 0. The van der Waals surface area contributed by atoms with Crippen LogP contribution in [-0.2, 0) is 4.74 Å². The summed E-state index contributed by atoms with van der Waals surface area (Å²) in [6, 6.07) is 0. The summed E-state index contributed by atoms with van der Waals surface area (Å²) >= 11 is 0. The first-order valence-electron chi connectivity index (χ1n) is 5.90. The third-order valence-corrected chi connectivity index (χ3v) is 2.70. The van der Waals surface area contributed by atoms with Gasteiger partial charge in [0, 0.05) is 32.7 Å². The van der Waals surface area contributed by atoms with E-state index in [0.717, 1.165) is 39.1 Å². The Kier molecular flexibility index (Phi) is 5.68. The van der Waals surface area contributed by atoms with Crippen LogP contribution in [0.1, 0.15) is 19.8 Å². The van der Waals surface area contributed by atoms with Crippen molar-refractivity contribution in [1.82, 2.24) is 10.2 Å². The molecule has 98 valence electrons. The van der Waals surface area contributed by atoms with Gasteiger partial charge in [-0.05, 0) is 12.8 Å². The van der Waals surface area contributed by atoms with E-state index in [4.69, 9.17) is 4.74 Å². The number of nitrogens with zero attached hydrogens (tertiary/aromatic N) is 3. The maximum absolute atomic E-state index is 10.4. The second kappa shape index (κ2) is 7.05. The molecule has 7 nitrogen and oxygen atoms in total. The fourth-order valence-electron chi connectivity index (χ4n) is 1.94. The van der Waals surface area contributed by atoms with Gasteiger partial charge in [-0.3, -0.25) is 0 Å². The minimum Gasteiger partial charge on any atom is -0.381 e. The highest BCUT2D eigenvalue weighted by molar-refractivity contribution is 5.79.